The zero-order chi connectivity index (χ0) is 16.9. The molecule has 0 spiro atoms. The van der Waals surface area contributed by atoms with Crippen LogP contribution in [0, 0.1) is 0 Å². The van der Waals surface area contributed by atoms with E-state index in [1.807, 2.05) is 0 Å². The molecule has 2 N–H and O–H groups in total. The van der Waals surface area contributed by atoms with Gasteiger partial charge < -0.3 is 10.3 Å². The number of H-pyrrole nitrogens is 1. The standard InChI is InChI=1S/C19H23N3O2/c1-14(23)17-10-18(20-12-17)19(24)21-11-15-4-6-16(7-5-15)13-22-8-2-3-9-22/h4-7,10,12,20H,2-3,8-9,11,13H2,1H3,(H,21,24). The summed E-state index contributed by atoms with van der Waals surface area (Å²) in [6.07, 6.45) is 4.16. The zero-order valence-corrected chi connectivity index (χ0v) is 14.0. The van der Waals surface area contributed by atoms with Gasteiger partial charge in [0.15, 0.2) is 5.78 Å². The maximum Gasteiger partial charge on any atom is 0.267 e. The molecule has 126 valence electrons. The van der Waals surface area contributed by atoms with Crippen LogP contribution in [0.5, 0.6) is 0 Å². The summed E-state index contributed by atoms with van der Waals surface area (Å²) in [4.78, 5) is 28.7. The van der Waals surface area contributed by atoms with E-state index in [9.17, 15) is 9.59 Å². The molecule has 5 nitrogen and oxygen atoms in total. The monoisotopic (exact) mass is 325 g/mol. The first kappa shape index (κ1) is 16.5. The Labute approximate surface area is 142 Å². The Morgan fingerprint density at radius 3 is 2.42 bits per heavy atom. The van der Waals surface area contributed by atoms with Crippen molar-refractivity contribution in [2.75, 3.05) is 13.1 Å². The molecule has 3 rings (SSSR count). The summed E-state index contributed by atoms with van der Waals surface area (Å²) < 4.78 is 0. The fraction of sp³-hybridized carbons (Fsp3) is 0.368. The zero-order valence-electron chi connectivity index (χ0n) is 14.0. The molecule has 1 aliphatic rings. The molecule has 1 saturated heterocycles. The van der Waals surface area contributed by atoms with Crippen molar-refractivity contribution in [3.8, 4) is 0 Å². The Morgan fingerprint density at radius 2 is 1.79 bits per heavy atom. The number of rotatable bonds is 6. The van der Waals surface area contributed by atoms with Gasteiger partial charge in [0.1, 0.15) is 5.69 Å². The van der Waals surface area contributed by atoms with E-state index in [-0.39, 0.29) is 11.7 Å². The van der Waals surface area contributed by atoms with E-state index in [1.54, 1.807) is 12.3 Å². The molecule has 2 aromatic rings. The third kappa shape index (κ3) is 4.11. The minimum Gasteiger partial charge on any atom is -0.356 e. The molecule has 24 heavy (non-hydrogen) atoms. The number of Topliss-reactive ketones (excluding diaryl/α,β-unsaturated/α-hetero) is 1. The van der Waals surface area contributed by atoms with E-state index < -0.39 is 0 Å². The number of benzene rings is 1. The summed E-state index contributed by atoms with van der Waals surface area (Å²) in [5, 5.41) is 2.87. The lowest BCUT2D eigenvalue weighted by atomic mass is 10.1. The third-order valence-electron chi connectivity index (χ3n) is 4.42. The largest absolute Gasteiger partial charge is 0.356 e. The summed E-state index contributed by atoms with van der Waals surface area (Å²) in [6.45, 7) is 5.33. The second kappa shape index (κ2) is 7.45. The van der Waals surface area contributed by atoms with E-state index >= 15 is 0 Å². The molecule has 1 aromatic heterocycles. The van der Waals surface area contributed by atoms with Gasteiger partial charge in [0, 0.05) is 24.8 Å². The van der Waals surface area contributed by atoms with Gasteiger partial charge >= 0.3 is 0 Å². The van der Waals surface area contributed by atoms with Crippen molar-refractivity contribution in [2.45, 2.75) is 32.9 Å². The number of hydrogen-bond acceptors (Lipinski definition) is 3. The van der Waals surface area contributed by atoms with Crippen LogP contribution in [0.2, 0.25) is 0 Å². The lowest BCUT2D eigenvalue weighted by Crippen LogP contribution is -2.23. The third-order valence-corrected chi connectivity index (χ3v) is 4.42. The Bertz CT molecular complexity index is 712. The minimum absolute atomic E-state index is 0.0566. The lowest BCUT2D eigenvalue weighted by Gasteiger charge is -2.14. The van der Waals surface area contributed by atoms with E-state index in [4.69, 9.17) is 0 Å². The fourth-order valence-corrected chi connectivity index (χ4v) is 2.97. The Kier molecular flexibility index (Phi) is 5.11. The maximum absolute atomic E-state index is 12.1. The molecule has 0 atom stereocenters. The highest BCUT2D eigenvalue weighted by atomic mass is 16.2. The van der Waals surface area contributed by atoms with E-state index in [1.165, 1.54) is 38.4 Å². The summed E-state index contributed by atoms with van der Waals surface area (Å²) >= 11 is 0. The number of ketones is 1. The second-order valence-electron chi connectivity index (χ2n) is 6.34. The van der Waals surface area contributed by atoms with Crippen molar-refractivity contribution in [3.05, 3.63) is 58.9 Å². The van der Waals surface area contributed by atoms with Crippen LogP contribution in [0.1, 0.15) is 51.7 Å². The molecule has 0 radical (unpaired) electrons. The predicted octanol–water partition coefficient (Wildman–Crippen LogP) is 2.74. The van der Waals surface area contributed by atoms with Crippen LogP contribution in [0.25, 0.3) is 0 Å². The highest BCUT2D eigenvalue weighted by molar-refractivity contribution is 5.99. The van der Waals surface area contributed by atoms with Crippen molar-refractivity contribution in [1.82, 2.24) is 15.2 Å². The molecular weight excluding hydrogens is 302 g/mol. The molecule has 0 saturated carbocycles. The topological polar surface area (TPSA) is 65.2 Å². The van der Waals surface area contributed by atoms with Crippen molar-refractivity contribution in [2.24, 2.45) is 0 Å². The van der Waals surface area contributed by atoms with Crippen LogP contribution >= 0.6 is 0 Å². The summed E-state index contributed by atoms with van der Waals surface area (Å²) in [5.41, 5.74) is 3.30. The molecule has 5 heteroatoms. The minimum atomic E-state index is -0.205. The summed E-state index contributed by atoms with van der Waals surface area (Å²) in [6, 6.07) is 9.95. The maximum atomic E-state index is 12.1. The van der Waals surface area contributed by atoms with E-state index in [0.717, 1.165) is 12.1 Å². The van der Waals surface area contributed by atoms with Crippen LogP contribution in [0.4, 0.5) is 0 Å². The number of carbonyl (C=O) groups is 2. The van der Waals surface area contributed by atoms with Gasteiger partial charge in [0.2, 0.25) is 0 Å². The molecule has 1 aliphatic heterocycles. The number of aromatic amines is 1. The molecule has 1 aromatic carbocycles. The molecule has 0 aliphatic carbocycles. The summed E-state index contributed by atoms with van der Waals surface area (Å²) in [7, 11) is 0. The van der Waals surface area contributed by atoms with Gasteiger partial charge in [-0.1, -0.05) is 24.3 Å². The average molecular weight is 325 g/mol. The lowest BCUT2D eigenvalue weighted by molar-refractivity contribution is 0.0946. The van der Waals surface area contributed by atoms with E-state index in [0.29, 0.717) is 17.8 Å². The first-order valence-corrected chi connectivity index (χ1v) is 8.39. The van der Waals surface area contributed by atoms with Crippen LogP contribution < -0.4 is 5.32 Å². The number of likely N-dealkylation sites (tertiary alicyclic amines) is 1. The predicted molar refractivity (Wildman–Crippen MR) is 92.9 cm³/mol. The van der Waals surface area contributed by atoms with Gasteiger partial charge in [-0.05, 0) is 50.0 Å². The van der Waals surface area contributed by atoms with Gasteiger partial charge in [0.25, 0.3) is 5.91 Å². The van der Waals surface area contributed by atoms with Crippen molar-refractivity contribution in [1.29, 1.82) is 0 Å². The van der Waals surface area contributed by atoms with Gasteiger partial charge in [0.05, 0.1) is 0 Å². The molecule has 1 fully saturated rings. The molecule has 1 amide bonds. The Hall–Kier alpha value is -2.40. The normalized spacial score (nSPS) is 14.7. The van der Waals surface area contributed by atoms with Gasteiger partial charge in [-0.25, -0.2) is 0 Å². The molecule has 2 heterocycles. The fourth-order valence-electron chi connectivity index (χ4n) is 2.97. The van der Waals surface area contributed by atoms with E-state index in [2.05, 4.69) is 39.5 Å². The highest BCUT2D eigenvalue weighted by Crippen LogP contribution is 2.13. The Morgan fingerprint density at radius 1 is 1.12 bits per heavy atom. The highest BCUT2D eigenvalue weighted by Gasteiger charge is 2.12. The van der Waals surface area contributed by atoms with Crippen LogP contribution in [-0.2, 0) is 13.1 Å². The van der Waals surface area contributed by atoms with Crippen LogP contribution in [0.3, 0.4) is 0 Å². The number of carbonyl (C=O) groups excluding carboxylic acids is 2. The van der Waals surface area contributed by atoms with Gasteiger partial charge in [-0.3, -0.25) is 14.5 Å². The number of aromatic nitrogens is 1. The van der Waals surface area contributed by atoms with Gasteiger partial charge in [-0.15, -0.1) is 0 Å². The first-order chi connectivity index (χ1) is 11.6. The smallest absolute Gasteiger partial charge is 0.267 e. The van der Waals surface area contributed by atoms with Crippen molar-refractivity contribution >= 4 is 11.7 Å². The number of amides is 1. The summed E-state index contributed by atoms with van der Waals surface area (Å²) in [5.74, 6) is -0.262. The second-order valence-corrected chi connectivity index (χ2v) is 6.34. The SMILES string of the molecule is CC(=O)c1c[nH]c(C(=O)NCc2ccc(CN3CCCC3)cc2)c1. The number of nitrogens with one attached hydrogen (secondary N) is 2. The van der Waals surface area contributed by atoms with Gasteiger partial charge in [-0.2, -0.15) is 0 Å². The van der Waals surface area contributed by atoms with Crippen LogP contribution in [0.15, 0.2) is 36.5 Å². The molecular formula is C19H23N3O2. The first-order valence-electron chi connectivity index (χ1n) is 8.39. The number of hydrogen-bond donors (Lipinski definition) is 2. The Balaban J connectivity index is 1.52. The number of nitrogens with zero attached hydrogens (tertiary/aromatic N) is 1. The molecule has 0 unspecified atom stereocenters. The average Bonchev–Trinajstić information content (AvgIpc) is 3.25. The molecule has 0 bridgehead atoms. The van der Waals surface area contributed by atoms with Crippen molar-refractivity contribution < 1.29 is 9.59 Å². The van der Waals surface area contributed by atoms with Crippen molar-refractivity contribution in [3.63, 3.8) is 0 Å². The quantitative estimate of drug-likeness (QED) is 0.803. The van der Waals surface area contributed by atoms with Crippen LogP contribution in [-0.4, -0.2) is 34.7 Å².